The molecule has 0 saturated carbocycles. The molecular formula is C36H48O9Si. The van der Waals surface area contributed by atoms with E-state index in [0.29, 0.717) is 35.7 Å². The molecule has 250 valence electrons. The summed E-state index contributed by atoms with van der Waals surface area (Å²) in [6.45, 7) is 14.8. The summed E-state index contributed by atoms with van der Waals surface area (Å²) in [6, 6.07) is 13.4. The molecule has 0 bridgehead atoms. The second-order valence-corrected chi connectivity index (χ2v) is 19.1. The van der Waals surface area contributed by atoms with Crippen molar-refractivity contribution >= 4 is 26.1 Å². The summed E-state index contributed by atoms with van der Waals surface area (Å²) in [5.74, 6) is -1.24. The number of methoxy groups -OCH3 is 1. The van der Waals surface area contributed by atoms with E-state index in [0.717, 1.165) is 6.04 Å². The van der Waals surface area contributed by atoms with Crippen LogP contribution in [0.25, 0.3) is 6.08 Å². The van der Waals surface area contributed by atoms with Crippen molar-refractivity contribution in [3.8, 4) is 11.5 Å². The molecule has 1 fully saturated rings. The van der Waals surface area contributed by atoms with Crippen LogP contribution in [-0.4, -0.2) is 70.7 Å². The van der Waals surface area contributed by atoms with E-state index in [4.69, 9.17) is 33.2 Å². The number of benzene rings is 2. The SMILES string of the molecule is COCOc1cc(OCC[Si](C)(C)C)cc2c1C(=O)O[C@@H](C)[C@H](C)/C=C\C(OC(=O)c1ccccc1)[C@H]1OC(C)(C)OC1CC=C2. The minimum Gasteiger partial charge on any atom is -0.494 e. The van der Waals surface area contributed by atoms with Crippen LogP contribution in [-0.2, 0) is 23.7 Å². The lowest BCUT2D eigenvalue weighted by molar-refractivity contribution is -0.152. The van der Waals surface area contributed by atoms with Gasteiger partial charge >= 0.3 is 11.9 Å². The first-order valence-corrected chi connectivity index (χ1v) is 19.6. The molecule has 2 aromatic rings. The number of rotatable bonds is 9. The molecule has 0 amide bonds. The number of fused-ring (bicyclic) bond motifs is 2. The van der Waals surface area contributed by atoms with Crippen molar-refractivity contribution in [1.29, 1.82) is 0 Å². The molecule has 2 aliphatic rings. The van der Waals surface area contributed by atoms with Gasteiger partial charge in [0, 0.05) is 27.2 Å². The van der Waals surface area contributed by atoms with Gasteiger partial charge in [0.25, 0.3) is 0 Å². The number of cyclic esters (lactones) is 1. The van der Waals surface area contributed by atoms with Crippen LogP contribution in [0.4, 0.5) is 0 Å². The van der Waals surface area contributed by atoms with Crippen molar-refractivity contribution in [2.75, 3.05) is 20.5 Å². The Bertz CT molecular complexity index is 1400. The normalized spacial score (nSPS) is 25.4. The van der Waals surface area contributed by atoms with E-state index in [-0.39, 0.29) is 18.3 Å². The minimum atomic E-state index is -1.33. The van der Waals surface area contributed by atoms with E-state index in [1.165, 1.54) is 7.11 Å². The fourth-order valence-corrected chi connectivity index (χ4v) is 5.88. The molecule has 2 unspecified atom stereocenters. The Morgan fingerprint density at radius 3 is 2.46 bits per heavy atom. The first kappa shape index (κ1) is 35.4. The standard InChI is InChI=1S/C36H48O9Si/c1-24-17-18-29(43-34(37)26-13-10-9-11-14-26)33-30(44-36(3,4)45-33)16-12-15-27-21-28(40-19-20-46(6,7)8)22-31(41-23-39-5)32(27)35(38)42-25(24)2/h9-15,17-18,21-22,24-25,29-30,33H,16,19-20,23H2,1-8H3/b15-12?,18-17-/t24-,25+,29?,30?,33-/m1/s1. The van der Waals surface area contributed by atoms with Crippen LogP contribution >= 0.6 is 0 Å². The summed E-state index contributed by atoms with van der Waals surface area (Å²) in [5, 5.41) is 0. The summed E-state index contributed by atoms with van der Waals surface area (Å²) < 4.78 is 41.9. The summed E-state index contributed by atoms with van der Waals surface area (Å²) in [6.07, 6.45) is 5.54. The van der Waals surface area contributed by atoms with E-state index >= 15 is 0 Å². The van der Waals surface area contributed by atoms with Crippen LogP contribution in [0.1, 0.15) is 60.4 Å². The maximum absolute atomic E-state index is 13.8. The lowest BCUT2D eigenvalue weighted by Crippen LogP contribution is -2.37. The zero-order valence-corrected chi connectivity index (χ0v) is 29.2. The summed E-state index contributed by atoms with van der Waals surface area (Å²) in [7, 11) is 0.189. The van der Waals surface area contributed by atoms with Gasteiger partial charge in [-0.05, 0) is 63.1 Å². The highest BCUT2D eigenvalue weighted by Crippen LogP contribution is 2.36. The van der Waals surface area contributed by atoms with E-state index < -0.39 is 50.2 Å². The molecule has 9 nitrogen and oxygen atoms in total. The lowest BCUT2D eigenvalue weighted by Gasteiger charge is -2.26. The molecule has 5 atom stereocenters. The average Bonchev–Trinajstić information content (AvgIpc) is 3.30. The van der Waals surface area contributed by atoms with Crippen molar-refractivity contribution in [3.63, 3.8) is 0 Å². The minimum absolute atomic E-state index is 0.0520. The predicted molar refractivity (Wildman–Crippen MR) is 179 cm³/mol. The number of esters is 2. The first-order valence-electron chi connectivity index (χ1n) is 15.9. The highest BCUT2D eigenvalue weighted by atomic mass is 28.3. The number of ether oxygens (including phenoxy) is 7. The fourth-order valence-electron chi connectivity index (χ4n) is 5.17. The Balaban J connectivity index is 1.73. The van der Waals surface area contributed by atoms with Gasteiger partial charge in [-0.25, -0.2) is 9.59 Å². The quantitative estimate of drug-likeness (QED) is 0.120. The summed E-state index contributed by atoms with van der Waals surface area (Å²) in [5.41, 5.74) is 1.29. The number of hydrogen-bond acceptors (Lipinski definition) is 9. The zero-order valence-electron chi connectivity index (χ0n) is 28.2. The number of carbonyl (C=O) groups is 2. The monoisotopic (exact) mass is 652 g/mol. The topological polar surface area (TPSA) is 98.8 Å². The highest BCUT2D eigenvalue weighted by Gasteiger charge is 2.45. The molecule has 0 N–H and O–H groups in total. The largest absolute Gasteiger partial charge is 0.494 e. The average molecular weight is 653 g/mol. The second kappa shape index (κ2) is 15.4. The van der Waals surface area contributed by atoms with Crippen molar-refractivity contribution in [3.05, 3.63) is 77.4 Å². The van der Waals surface area contributed by atoms with Gasteiger partial charge in [0.1, 0.15) is 35.4 Å². The molecular weight excluding hydrogens is 604 g/mol. The Morgan fingerprint density at radius 1 is 1.02 bits per heavy atom. The molecule has 2 aliphatic heterocycles. The maximum atomic E-state index is 13.8. The van der Waals surface area contributed by atoms with Crippen LogP contribution in [0.2, 0.25) is 25.7 Å². The molecule has 0 aliphatic carbocycles. The molecule has 2 heterocycles. The first-order chi connectivity index (χ1) is 21.8. The number of hydrogen-bond donors (Lipinski definition) is 0. The van der Waals surface area contributed by atoms with Crippen LogP contribution in [0, 0.1) is 5.92 Å². The van der Waals surface area contributed by atoms with E-state index in [1.54, 1.807) is 36.4 Å². The van der Waals surface area contributed by atoms with Crippen LogP contribution in [0.15, 0.2) is 60.7 Å². The van der Waals surface area contributed by atoms with Gasteiger partial charge < -0.3 is 33.2 Å². The van der Waals surface area contributed by atoms with Crippen LogP contribution < -0.4 is 9.47 Å². The van der Waals surface area contributed by atoms with Crippen molar-refractivity contribution in [1.82, 2.24) is 0 Å². The molecule has 4 rings (SSSR count). The summed E-state index contributed by atoms with van der Waals surface area (Å²) >= 11 is 0. The molecule has 46 heavy (non-hydrogen) atoms. The molecule has 0 spiro atoms. The molecule has 1 saturated heterocycles. The van der Waals surface area contributed by atoms with Gasteiger partial charge in [-0.3, -0.25) is 0 Å². The smallest absolute Gasteiger partial charge is 0.342 e. The Kier molecular flexibility index (Phi) is 11.9. The maximum Gasteiger partial charge on any atom is 0.342 e. The third-order valence-corrected chi connectivity index (χ3v) is 9.57. The van der Waals surface area contributed by atoms with Gasteiger partial charge in [-0.15, -0.1) is 0 Å². The molecule has 10 heteroatoms. The third kappa shape index (κ3) is 9.78. The van der Waals surface area contributed by atoms with E-state index in [1.807, 2.05) is 58.1 Å². The molecule has 0 radical (unpaired) electrons. The zero-order chi connectivity index (χ0) is 33.5. The van der Waals surface area contributed by atoms with Gasteiger partial charge in [-0.2, -0.15) is 0 Å². The predicted octanol–water partition coefficient (Wildman–Crippen LogP) is 7.29. The Labute approximate surface area is 273 Å². The van der Waals surface area contributed by atoms with Crippen molar-refractivity contribution < 1.29 is 42.7 Å². The molecule has 0 aromatic heterocycles. The van der Waals surface area contributed by atoms with Gasteiger partial charge in [0.05, 0.1) is 18.3 Å². The second-order valence-electron chi connectivity index (χ2n) is 13.5. The lowest BCUT2D eigenvalue weighted by atomic mass is 9.98. The van der Waals surface area contributed by atoms with Gasteiger partial charge in [0.2, 0.25) is 0 Å². The Hall–Kier alpha value is -3.44. The van der Waals surface area contributed by atoms with Crippen LogP contribution in [0.3, 0.4) is 0 Å². The molecule has 2 aromatic carbocycles. The van der Waals surface area contributed by atoms with Gasteiger partial charge in [-0.1, -0.05) is 63.0 Å². The number of carbonyl (C=O) groups excluding carboxylic acids is 2. The van der Waals surface area contributed by atoms with E-state index in [9.17, 15) is 9.59 Å². The van der Waals surface area contributed by atoms with Crippen molar-refractivity contribution in [2.45, 2.75) is 90.0 Å². The van der Waals surface area contributed by atoms with Crippen molar-refractivity contribution in [2.24, 2.45) is 5.92 Å². The van der Waals surface area contributed by atoms with Gasteiger partial charge in [0.15, 0.2) is 12.6 Å². The summed E-state index contributed by atoms with van der Waals surface area (Å²) in [4.78, 5) is 26.9. The fraction of sp³-hybridized carbons (Fsp3) is 0.500. The highest BCUT2D eigenvalue weighted by molar-refractivity contribution is 6.76. The third-order valence-electron chi connectivity index (χ3n) is 7.86. The Morgan fingerprint density at radius 2 is 1.76 bits per heavy atom. The van der Waals surface area contributed by atoms with E-state index in [2.05, 4.69) is 19.6 Å². The van der Waals surface area contributed by atoms with Crippen LogP contribution in [0.5, 0.6) is 11.5 Å².